The summed E-state index contributed by atoms with van der Waals surface area (Å²) in [5.41, 5.74) is 0. The van der Waals surface area contributed by atoms with Crippen LogP contribution in [0.5, 0.6) is 5.75 Å². The lowest BCUT2D eigenvalue weighted by Gasteiger charge is -2.25. The van der Waals surface area contributed by atoms with E-state index < -0.39 is 0 Å². The van der Waals surface area contributed by atoms with E-state index >= 15 is 0 Å². The second kappa shape index (κ2) is 7.87. The molecule has 0 aliphatic heterocycles. The molecule has 1 aromatic rings. The first-order valence-electron chi connectivity index (χ1n) is 7.07. The van der Waals surface area contributed by atoms with Gasteiger partial charge in [0, 0.05) is 17.6 Å². The summed E-state index contributed by atoms with van der Waals surface area (Å²) >= 11 is 11.8. The highest BCUT2D eigenvalue weighted by atomic mass is 35.5. The molecule has 1 aliphatic rings. The van der Waals surface area contributed by atoms with E-state index in [9.17, 15) is 9.90 Å². The van der Waals surface area contributed by atoms with E-state index in [1.807, 2.05) is 0 Å². The molecule has 116 valence electrons. The normalized spacial score (nSPS) is 21.9. The average Bonchev–Trinajstić information content (AvgIpc) is 2.47. The Morgan fingerprint density at radius 3 is 2.71 bits per heavy atom. The van der Waals surface area contributed by atoms with E-state index in [-0.39, 0.29) is 18.6 Å². The SMILES string of the molecule is O=C(COc1cc(Cl)ccc1Cl)NCC1CCC(O)CC1. The molecule has 0 saturated heterocycles. The average molecular weight is 332 g/mol. The van der Waals surface area contributed by atoms with Crippen molar-refractivity contribution in [2.45, 2.75) is 31.8 Å². The van der Waals surface area contributed by atoms with Crippen LogP contribution in [-0.4, -0.2) is 30.3 Å². The second-order valence-electron chi connectivity index (χ2n) is 5.34. The molecule has 4 nitrogen and oxygen atoms in total. The Balaban J connectivity index is 1.71. The molecule has 0 bridgehead atoms. The minimum Gasteiger partial charge on any atom is -0.482 e. The number of aliphatic hydroxyl groups is 1. The van der Waals surface area contributed by atoms with Gasteiger partial charge in [-0.2, -0.15) is 0 Å². The van der Waals surface area contributed by atoms with Crippen LogP contribution >= 0.6 is 23.2 Å². The number of benzene rings is 1. The molecular formula is C15H19Cl2NO3. The Bertz CT molecular complexity index is 488. The van der Waals surface area contributed by atoms with E-state index in [4.69, 9.17) is 27.9 Å². The molecule has 2 N–H and O–H groups in total. The molecule has 0 heterocycles. The molecule has 0 aromatic heterocycles. The van der Waals surface area contributed by atoms with Crippen molar-refractivity contribution in [3.8, 4) is 5.75 Å². The van der Waals surface area contributed by atoms with E-state index in [1.54, 1.807) is 18.2 Å². The molecule has 1 aromatic carbocycles. The zero-order valence-electron chi connectivity index (χ0n) is 11.6. The van der Waals surface area contributed by atoms with E-state index in [2.05, 4.69) is 5.32 Å². The van der Waals surface area contributed by atoms with Crippen molar-refractivity contribution in [1.29, 1.82) is 0 Å². The summed E-state index contributed by atoms with van der Waals surface area (Å²) in [7, 11) is 0. The molecule has 0 spiro atoms. The smallest absolute Gasteiger partial charge is 0.257 e. The van der Waals surface area contributed by atoms with Gasteiger partial charge in [-0.3, -0.25) is 4.79 Å². The Morgan fingerprint density at radius 2 is 2.00 bits per heavy atom. The zero-order chi connectivity index (χ0) is 15.2. The van der Waals surface area contributed by atoms with Gasteiger partial charge in [-0.25, -0.2) is 0 Å². The molecule has 0 unspecified atom stereocenters. The number of hydrogen-bond donors (Lipinski definition) is 2. The summed E-state index contributed by atoms with van der Waals surface area (Å²) in [4.78, 5) is 11.8. The van der Waals surface area contributed by atoms with Gasteiger partial charge in [0.05, 0.1) is 11.1 Å². The Morgan fingerprint density at radius 1 is 1.29 bits per heavy atom. The topological polar surface area (TPSA) is 58.6 Å². The number of ether oxygens (including phenoxy) is 1. The highest BCUT2D eigenvalue weighted by Gasteiger charge is 2.19. The van der Waals surface area contributed by atoms with Crippen molar-refractivity contribution in [2.24, 2.45) is 5.92 Å². The number of aliphatic hydroxyl groups excluding tert-OH is 1. The summed E-state index contributed by atoms with van der Waals surface area (Å²) in [6.07, 6.45) is 3.35. The van der Waals surface area contributed by atoms with Crippen LogP contribution in [0.2, 0.25) is 10.0 Å². The fraction of sp³-hybridized carbons (Fsp3) is 0.533. The maximum Gasteiger partial charge on any atom is 0.257 e. The molecule has 1 aliphatic carbocycles. The third-order valence-electron chi connectivity index (χ3n) is 3.66. The molecular weight excluding hydrogens is 313 g/mol. The number of halogens is 2. The summed E-state index contributed by atoms with van der Waals surface area (Å²) in [5.74, 6) is 0.657. The van der Waals surface area contributed by atoms with E-state index in [0.29, 0.717) is 28.3 Å². The van der Waals surface area contributed by atoms with Crippen molar-refractivity contribution >= 4 is 29.1 Å². The van der Waals surface area contributed by atoms with Crippen LogP contribution in [0.4, 0.5) is 0 Å². The molecule has 2 rings (SSSR count). The first-order chi connectivity index (χ1) is 10.0. The van der Waals surface area contributed by atoms with Gasteiger partial charge in [-0.1, -0.05) is 23.2 Å². The number of amides is 1. The highest BCUT2D eigenvalue weighted by Crippen LogP contribution is 2.27. The minimum absolute atomic E-state index is 0.0879. The molecule has 0 radical (unpaired) electrons. The summed E-state index contributed by atoms with van der Waals surface area (Å²) in [6, 6.07) is 4.87. The van der Waals surface area contributed by atoms with Gasteiger partial charge in [0.2, 0.25) is 0 Å². The number of carbonyl (C=O) groups excluding carboxylic acids is 1. The van der Waals surface area contributed by atoms with Gasteiger partial charge >= 0.3 is 0 Å². The first-order valence-corrected chi connectivity index (χ1v) is 7.83. The quantitative estimate of drug-likeness (QED) is 0.871. The fourth-order valence-corrected chi connectivity index (χ4v) is 2.72. The van der Waals surface area contributed by atoms with Gasteiger partial charge < -0.3 is 15.2 Å². The zero-order valence-corrected chi connectivity index (χ0v) is 13.2. The number of rotatable bonds is 5. The molecule has 6 heteroatoms. The van der Waals surface area contributed by atoms with Crippen molar-refractivity contribution < 1.29 is 14.6 Å². The predicted octanol–water partition coefficient (Wildman–Crippen LogP) is 3.04. The Labute approximate surface area is 134 Å². The molecule has 21 heavy (non-hydrogen) atoms. The number of carbonyl (C=O) groups is 1. The van der Waals surface area contributed by atoms with Gasteiger partial charge in [0.1, 0.15) is 5.75 Å². The summed E-state index contributed by atoms with van der Waals surface area (Å²) in [5, 5.41) is 13.2. The van der Waals surface area contributed by atoms with Crippen LogP contribution in [0.25, 0.3) is 0 Å². The number of hydrogen-bond acceptors (Lipinski definition) is 3. The van der Waals surface area contributed by atoms with Crippen molar-refractivity contribution in [3.63, 3.8) is 0 Å². The van der Waals surface area contributed by atoms with Crippen molar-refractivity contribution in [3.05, 3.63) is 28.2 Å². The highest BCUT2D eigenvalue weighted by molar-refractivity contribution is 6.34. The van der Waals surface area contributed by atoms with E-state index in [0.717, 1.165) is 25.7 Å². The lowest BCUT2D eigenvalue weighted by molar-refractivity contribution is -0.123. The summed E-state index contributed by atoms with van der Waals surface area (Å²) < 4.78 is 5.37. The summed E-state index contributed by atoms with van der Waals surface area (Å²) in [6.45, 7) is 0.535. The van der Waals surface area contributed by atoms with Gasteiger partial charge in [0.15, 0.2) is 6.61 Å². The number of nitrogens with one attached hydrogen (secondary N) is 1. The monoisotopic (exact) mass is 331 g/mol. The van der Waals surface area contributed by atoms with Crippen LogP contribution in [-0.2, 0) is 4.79 Å². The van der Waals surface area contributed by atoms with Crippen molar-refractivity contribution in [1.82, 2.24) is 5.32 Å². The van der Waals surface area contributed by atoms with Crippen LogP contribution in [0, 0.1) is 5.92 Å². The van der Waals surface area contributed by atoms with Gasteiger partial charge in [0.25, 0.3) is 5.91 Å². The fourth-order valence-electron chi connectivity index (χ4n) is 2.39. The third kappa shape index (κ3) is 5.38. The third-order valence-corrected chi connectivity index (χ3v) is 4.20. The van der Waals surface area contributed by atoms with Crippen molar-refractivity contribution in [2.75, 3.05) is 13.2 Å². The predicted molar refractivity (Wildman–Crippen MR) is 82.9 cm³/mol. The molecule has 0 atom stereocenters. The Hall–Kier alpha value is -0.970. The standard InChI is InChI=1S/C15H19Cl2NO3/c16-11-3-6-13(17)14(7-11)21-9-15(20)18-8-10-1-4-12(19)5-2-10/h3,6-7,10,12,19H,1-2,4-5,8-9H2,(H,18,20). The van der Waals surface area contributed by atoms with Crippen LogP contribution in [0.1, 0.15) is 25.7 Å². The molecule has 1 amide bonds. The molecule has 1 fully saturated rings. The first kappa shape index (κ1) is 16.4. The molecule has 1 saturated carbocycles. The second-order valence-corrected chi connectivity index (χ2v) is 6.19. The van der Waals surface area contributed by atoms with E-state index in [1.165, 1.54) is 0 Å². The van der Waals surface area contributed by atoms with Crippen LogP contribution < -0.4 is 10.1 Å². The lowest BCUT2D eigenvalue weighted by Crippen LogP contribution is -2.35. The van der Waals surface area contributed by atoms with Crippen LogP contribution in [0.15, 0.2) is 18.2 Å². The Kier molecular flexibility index (Phi) is 6.15. The maximum atomic E-state index is 11.8. The largest absolute Gasteiger partial charge is 0.482 e. The van der Waals surface area contributed by atoms with Crippen LogP contribution in [0.3, 0.4) is 0 Å². The minimum atomic E-state index is -0.183. The van der Waals surface area contributed by atoms with Gasteiger partial charge in [-0.15, -0.1) is 0 Å². The van der Waals surface area contributed by atoms with Gasteiger partial charge in [-0.05, 0) is 43.7 Å². The lowest BCUT2D eigenvalue weighted by atomic mass is 9.87. The maximum absolute atomic E-state index is 11.8.